The van der Waals surface area contributed by atoms with Crippen LogP contribution in [0.5, 0.6) is 0 Å². The SMILES string of the molecule is CC(C)(C)NS(=O)(=O)N1CCCCC1CN. The number of nitrogens with two attached hydrogens (primary N) is 1. The van der Waals surface area contributed by atoms with Crippen LogP contribution in [0.2, 0.25) is 0 Å². The molecular formula is C10H23N3O2S. The fraction of sp³-hybridized carbons (Fsp3) is 1.00. The lowest BCUT2D eigenvalue weighted by molar-refractivity contribution is 0.250. The average molecular weight is 249 g/mol. The molecule has 6 heteroatoms. The highest BCUT2D eigenvalue weighted by Crippen LogP contribution is 2.20. The third kappa shape index (κ3) is 3.69. The van der Waals surface area contributed by atoms with Crippen LogP contribution in [-0.4, -0.2) is 37.4 Å². The largest absolute Gasteiger partial charge is 0.329 e. The number of rotatable bonds is 3. The highest BCUT2D eigenvalue weighted by atomic mass is 32.2. The lowest BCUT2D eigenvalue weighted by atomic mass is 10.1. The molecule has 0 bridgehead atoms. The van der Waals surface area contributed by atoms with Gasteiger partial charge in [0.05, 0.1) is 0 Å². The number of hydrogen-bond donors (Lipinski definition) is 2. The molecule has 16 heavy (non-hydrogen) atoms. The van der Waals surface area contributed by atoms with Gasteiger partial charge in [-0.1, -0.05) is 6.42 Å². The molecular weight excluding hydrogens is 226 g/mol. The molecule has 0 aromatic rings. The molecule has 1 aliphatic heterocycles. The first-order chi connectivity index (χ1) is 7.26. The molecule has 0 saturated carbocycles. The zero-order chi connectivity index (χ0) is 12.4. The Morgan fingerprint density at radius 1 is 1.38 bits per heavy atom. The van der Waals surface area contributed by atoms with Gasteiger partial charge in [-0.15, -0.1) is 0 Å². The van der Waals surface area contributed by atoms with Crippen LogP contribution < -0.4 is 10.5 Å². The Bertz CT molecular complexity index is 321. The Morgan fingerprint density at radius 2 is 2.00 bits per heavy atom. The van der Waals surface area contributed by atoms with E-state index in [1.807, 2.05) is 20.8 Å². The van der Waals surface area contributed by atoms with E-state index in [2.05, 4.69) is 4.72 Å². The summed E-state index contributed by atoms with van der Waals surface area (Å²) in [6.07, 6.45) is 2.84. The van der Waals surface area contributed by atoms with Crippen LogP contribution in [0.25, 0.3) is 0 Å². The van der Waals surface area contributed by atoms with Crippen LogP contribution >= 0.6 is 0 Å². The Morgan fingerprint density at radius 3 is 2.50 bits per heavy atom. The number of piperidine rings is 1. The average Bonchev–Trinajstić information content (AvgIpc) is 2.14. The summed E-state index contributed by atoms with van der Waals surface area (Å²) in [7, 11) is -3.40. The van der Waals surface area contributed by atoms with Gasteiger partial charge in [-0.25, -0.2) is 0 Å². The van der Waals surface area contributed by atoms with Gasteiger partial charge in [-0.05, 0) is 33.6 Å². The molecule has 1 fully saturated rings. The minimum atomic E-state index is -3.40. The second kappa shape index (κ2) is 5.00. The monoisotopic (exact) mass is 249 g/mol. The first-order valence-corrected chi connectivity index (χ1v) is 7.21. The first-order valence-electron chi connectivity index (χ1n) is 5.77. The summed E-state index contributed by atoms with van der Waals surface area (Å²) in [5, 5.41) is 0. The summed E-state index contributed by atoms with van der Waals surface area (Å²) >= 11 is 0. The smallest absolute Gasteiger partial charge is 0.280 e. The molecule has 0 aliphatic carbocycles. The predicted molar refractivity (Wildman–Crippen MR) is 65.2 cm³/mol. The zero-order valence-electron chi connectivity index (χ0n) is 10.4. The normalized spacial score (nSPS) is 24.6. The first kappa shape index (κ1) is 13.9. The van der Waals surface area contributed by atoms with E-state index in [-0.39, 0.29) is 6.04 Å². The number of nitrogens with zero attached hydrogens (tertiary/aromatic N) is 1. The molecule has 0 radical (unpaired) electrons. The Kier molecular flexibility index (Phi) is 4.34. The Labute approximate surface area is 98.6 Å². The van der Waals surface area contributed by atoms with E-state index in [0.717, 1.165) is 19.3 Å². The summed E-state index contributed by atoms with van der Waals surface area (Å²) in [5.41, 5.74) is 5.17. The lowest BCUT2D eigenvalue weighted by Gasteiger charge is -2.36. The molecule has 1 rings (SSSR count). The van der Waals surface area contributed by atoms with E-state index in [4.69, 9.17) is 5.73 Å². The summed E-state index contributed by atoms with van der Waals surface area (Å²) in [5.74, 6) is 0. The van der Waals surface area contributed by atoms with Gasteiger partial charge in [0, 0.05) is 24.7 Å². The molecule has 0 amide bonds. The van der Waals surface area contributed by atoms with E-state index in [1.165, 1.54) is 4.31 Å². The summed E-state index contributed by atoms with van der Waals surface area (Å²) in [6.45, 7) is 6.49. The van der Waals surface area contributed by atoms with E-state index in [1.54, 1.807) is 0 Å². The van der Waals surface area contributed by atoms with Gasteiger partial charge >= 0.3 is 0 Å². The van der Waals surface area contributed by atoms with Crippen molar-refractivity contribution in [1.29, 1.82) is 0 Å². The summed E-state index contributed by atoms with van der Waals surface area (Å²) < 4.78 is 28.4. The highest BCUT2D eigenvalue weighted by Gasteiger charge is 2.33. The maximum Gasteiger partial charge on any atom is 0.280 e. The van der Waals surface area contributed by atoms with Crippen molar-refractivity contribution < 1.29 is 8.42 Å². The second-order valence-corrected chi connectivity index (χ2v) is 6.98. The number of nitrogens with one attached hydrogen (secondary N) is 1. The van der Waals surface area contributed by atoms with Gasteiger partial charge in [-0.2, -0.15) is 17.4 Å². The van der Waals surface area contributed by atoms with Gasteiger partial charge in [0.25, 0.3) is 10.2 Å². The molecule has 0 aromatic carbocycles. The minimum absolute atomic E-state index is 0.0476. The quantitative estimate of drug-likeness (QED) is 0.762. The van der Waals surface area contributed by atoms with Crippen molar-refractivity contribution in [2.75, 3.05) is 13.1 Å². The van der Waals surface area contributed by atoms with Crippen LogP contribution in [-0.2, 0) is 10.2 Å². The van der Waals surface area contributed by atoms with Crippen molar-refractivity contribution in [2.24, 2.45) is 5.73 Å². The highest BCUT2D eigenvalue weighted by molar-refractivity contribution is 7.87. The molecule has 1 saturated heterocycles. The molecule has 1 aliphatic rings. The van der Waals surface area contributed by atoms with Gasteiger partial charge in [-0.3, -0.25) is 0 Å². The topological polar surface area (TPSA) is 75.4 Å². The zero-order valence-corrected chi connectivity index (χ0v) is 11.2. The second-order valence-electron chi connectivity index (χ2n) is 5.35. The van der Waals surface area contributed by atoms with E-state index >= 15 is 0 Å². The van der Waals surface area contributed by atoms with Crippen molar-refractivity contribution in [3.63, 3.8) is 0 Å². The third-order valence-electron chi connectivity index (χ3n) is 2.59. The van der Waals surface area contributed by atoms with Crippen LogP contribution in [0.15, 0.2) is 0 Å². The fourth-order valence-corrected chi connectivity index (χ4v) is 3.82. The molecule has 3 N–H and O–H groups in total. The van der Waals surface area contributed by atoms with Crippen molar-refractivity contribution in [3.8, 4) is 0 Å². The Balaban J connectivity index is 2.80. The van der Waals surface area contributed by atoms with E-state index in [0.29, 0.717) is 13.1 Å². The van der Waals surface area contributed by atoms with Crippen molar-refractivity contribution in [2.45, 2.75) is 51.6 Å². The molecule has 1 unspecified atom stereocenters. The molecule has 96 valence electrons. The van der Waals surface area contributed by atoms with Crippen molar-refractivity contribution >= 4 is 10.2 Å². The van der Waals surface area contributed by atoms with Crippen molar-refractivity contribution in [1.82, 2.24) is 9.03 Å². The summed E-state index contributed by atoms with van der Waals surface area (Å²) in [6, 6.07) is -0.0476. The van der Waals surface area contributed by atoms with E-state index in [9.17, 15) is 8.42 Å². The lowest BCUT2D eigenvalue weighted by Crippen LogP contribution is -2.55. The minimum Gasteiger partial charge on any atom is -0.329 e. The fourth-order valence-electron chi connectivity index (χ4n) is 1.97. The van der Waals surface area contributed by atoms with Gasteiger partial charge in [0.15, 0.2) is 0 Å². The van der Waals surface area contributed by atoms with Gasteiger partial charge < -0.3 is 5.73 Å². The molecule has 0 aromatic heterocycles. The maximum absolute atomic E-state index is 12.1. The van der Waals surface area contributed by atoms with Crippen LogP contribution in [0, 0.1) is 0 Å². The van der Waals surface area contributed by atoms with E-state index < -0.39 is 15.7 Å². The Hall–Kier alpha value is -0.170. The maximum atomic E-state index is 12.1. The number of hydrogen-bond acceptors (Lipinski definition) is 3. The molecule has 1 atom stereocenters. The third-order valence-corrected chi connectivity index (χ3v) is 4.56. The van der Waals surface area contributed by atoms with Crippen LogP contribution in [0.4, 0.5) is 0 Å². The molecule has 1 heterocycles. The van der Waals surface area contributed by atoms with Gasteiger partial charge in [0.1, 0.15) is 0 Å². The molecule has 0 spiro atoms. The predicted octanol–water partition coefficient (Wildman–Crippen LogP) is 0.433. The van der Waals surface area contributed by atoms with Crippen LogP contribution in [0.1, 0.15) is 40.0 Å². The standard InChI is InChI=1S/C10H23N3O2S/c1-10(2,3)12-16(14,15)13-7-5-4-6-9(13)8-11/h9,12H,4-8,11H2,1-3H3. The summed E-state index contributed by atoms with van der Waals surface area (Å²) in [4.78, 5) is 0. The molecule has 5 nitrogen and oxygen atoms in total. The van der Waals surface area contributed by atoms with Gasteiger partial charge in [0.2, 0.25) is 0 Å². The van der Waals surface area contributed by atoms with Crippen molar-refractivity contribution in [3.05, 3.63) is 0 Å². The van der Waals surface area contributed by atoms with Crippen LogP contribution in [0.3, 0.4) is 0 Å².